The van der Waals surface area contributed by atoms with Crippen LogP contribution >= 0.6 is 0 Å². The number of amides is 3. The van der Waals surface area contributed by atoms with Crippen LogP contribution in [0.2, 0.25) is 0 Å². The highest BCUT2D eigenvalue weighted by molar-refractivity contribution is 6.09. The summed E-state index contributed by atoms with van der Waals surface area (Å²) in [5, 5.41) is 14.2. The highest BCUT2D eigenvalue weighted by Crippen LogP contribution is 2.32. The summed E-state index contributed by atoms with van der Waals surface area (Å²) in [6.07, 6.45) is 1.43. The van der Waals surface area contributed by atoms with Crippen molar-refractivity contribution >= 4 is 23.4 Å². The monoisotopic (exact) mass is 521 g/mol. The Labute approximate surface area is 224 Å². The lowest BCUT2D eigenvalue weighted by atomic mass is 9.72. The molecule has 0 spiro atoms. The smallest absolute Gasteiger partial charge is 0.245 e. The molecular weight excluding hydrogens is 482 g/mol. The average molecular weight is 522 g/mol. The fourth-order valence-electron chi connectivity index (χ4n) is 4.63. The predicted molar refractivity (Wildman–Crippen MR) is 147 cm³/mol. The topological polar surface area (TPSA) is 138 Å². The second-order valence-corrected chi connectivity index (χ2v) is 10.4. The number of nitrogens with two attached hydrogens (primary N) is 1. The molecule has 38 heavy (non-hydrogen) atoms. The van der Waals surface area contributed by atoms with E-state index < -0.39 is 22.9 Å². The van der Waals surface area contributed by atoms with Crippen molar-refractivity contribution in [3.05, 3.63) is 66.2 Å². The van der Waals surface area contributed by atoms with Gasteiger partial charge >= 0.3 is 0 Å². The molecule has 0 unspecified atom stereocenters. The third kappa shape index (κ3) is 7.19. The van der Waals surface area contributed by atoms with Gasteiger partial charge in [0.2, 0.25) is 17.7 Å². The van der Waals surface area contributed by atoms with Gasteiger partial charge in [-0.2, -0.15) is 0 Å². The Morgan fingerprint density at radius 3 is 2.34 bits per heavy atom. The molecule has 0 saturated carbocycles. The summed E-state index contributed by atoms with van der Waals surface area (Å²) < 4.78 is 5.77. The molecule has 0 aromatic heterocycles. The zero-order valence-electron chi connectivity index (χ0n) is 22.5. The number of rotatable bonds is 11. The zero-order chi connectivity index (χ0) is 27.8. The second-order valence-electron chi connectivity index (χ2n) is 10.4. The van der Waals surface area contributed by atoms with Crippen LogP contribution in [0.1, 0.15) is 38.7 Å². The quantitative estimate of drug-likeness (QED) is 0.336. The normalized spacial score (nSPS) is 18.4. The number of nitrogens with zero attached hydrogens (tertiary/aromatic N) is 1. The maximum Gasteiger partial charge on any atom is 0.245 e. The van der Waals surface area contributed by atoms with Crippen LogP contribution in [-0.2, 0) is 20.8 Å². The van der Waals surface area contributed by atoms with Gasteiger partial charge in [-0.15, -0.1) is 0 Å². The molecular formula is C29H39N5O4. The maximum atomic E-state index is 13.8. The number of para-hydroxylation sites is 1. The minimum absolute atomic E-state index is 0.0537. The molecule has 1 fully saturated rings. The van der Waals surface area contributed by atoms with E-state index in [0.717, 1.165) is 11.3 Å². The molecule has 5 N–H and O–H groups in total. The lowest BCUT2D eigenvalue weighted by molar-refractivity contribution is -0.141. The lowest BCUT2D eigenvalue weighted by Crippen LogP contribution is -2.62. The van der Waals surface area contributed by atoms with E-state index >= 15 is 0 Å². The van der Waals surface area contributed by atoms with Crippen molar-refractivity contribution in [1.29, 1.82) is 5.41 Å². The third-order valence-electron chi connectivity index (χ3n) is 6.83. The first-order valence-corrected chi connectivity index (χ1v) is 13.0. The number of carbonyl (C=O) groups excluding carboxylic acids is 3. The van der Waals surface area contributed by atoms with E-state index in [1.807, 2.05) is 60.7 Å². The van der Waals surface area contributed by atoms with E-state index in [1.54, 1.807) is 25.8 Å². The number of likely N-dealkylation sites (tertiary alicyclic amines) is 1. The van der Waals surface area contributed by atoms with Gasteiger partial charge in [-0.1, -0.05) is 48.5 Å². The molecule has 9 nitrogen and oxygen atoms in total. The van der Waals surface area contributed by atoms with Crippen molar-refractivity contribution in [2.45, 2.75) is 51.1 Å². The molecule has 1 heterocycles. The van der Waals surface area contributed by atoms with Gasteiger partial charge in [0.05, 0.1) is 12.1 Å². The Bertz CT molecular complexity index is 1110. The molecule has 0 bridgehead atoms. The minimum atomic E-state index is -1.19. The van der Waals surface area contributed by atoms with Crippen LogP contribution in [0.15, 0.2) is 60.7 Å². The van der Waals surface area contributed by atoms with Gasteiger partial charge in [0, 0.05) is 32.3 Å². The van der Waals surface area contributed by atoms with Crippen molar-refractivity contribution in [1.82, 2.24) is 15.5 Å². The Morgan fingerprint density at radius 2 is 1.74 bits per heavy atom. The van der Waals surface area contributed by atoms with E-state index in [2.05, 4.69) is 10.6 Å². The Kier molecular flexibility index (Phi) is 9.63. The highest BCUT2D eigenvalue weighted by atomic mass is 16.5. The van der Waals surface area contributed by atoms with Crippen molar-refractivity contribution in [3.63, 3.8) is 0 Å². The van der Waals surface area contributed by atoms with E-state index in [1.165, 1.54) is 0 Å². The summed E-state index contributed by atoms with van der Waals surface area (Å²) in [5.41, 5.74) is 4.84. The van der Waals surface area contributed by atoms with Crippen molar-refractivity contribution < 1.29 is 19.1 Å². The fourth-order valence-corrected chi connectivity index (χ4v) is 4.63. The minimum Gasteiger partial charge on any atom is -0.494 e. The lowest BCUT2D eigenvalue weighted by Gasteiger charge is -2.43. The molecule has 0 radical (unpaired) electrons. The molecule has 204 valence electrons. The molecule has 2 aromatic carbocycles. The second kappa shape index (κ2) is 12.7. The summed E-state index contributed by atoms with van der Waals surface area (Å²) in [6, 6.07) is 18.0. The maximum absolute atomic E-state index is 13.8. The molecule has 1 saturated heterocycles. The molecule has 2 aromatic rings. The fraction of sp³-hybridized carbons (Fsp3) is 0.448. The molecule has 3 rings (SSSR count). The van der Waals surface area contributed by atoms with Gasteiger partial charge in [0.15, 0.2) is 0 Å². The van der Waals surface area contributed by atoms with Crippen molar-refractivity contribution in [3.8, 4) is 5.75 Å². The Balaban J connectivity index is 1.79. The first-order valence-electron chi connectivity index (χ1n) is 13.0. The number of ether oxygens (including phenoxy) is 1. The van der Waals surface area contributed by atoms with Crippen LogP contribution in [0.25, 0.3) is 0 Å². The summed E-state index contributed by atoms with van der Waals surface area (Å²) in [7, 11) is 1.54. The summed E-state index contributed by atoms with van der Waals surface area (Å²) in [5.74, 6) is -0.306. The Morgan fingerprint density at radius 1 is 1.11 bits per heavy atom. The summed E-state index contributed by atoms with van der Waals surface area (Å²) in [4.78, 5) is 41.4. The molecule has 2 atom stereocenters. The first-order chi connectivity index (χ1) is 18.1. The van der Waals surface area contributed by atoms with E-state index in [4.69, 9.17) is 15.9 Å². The van der Waals surface area contributed by atoms with Crippen LogP contribution in [0, 0.1) is 10.8 Å². The first kappa shape index (κ1) is 28.8. The van der Waals surface area contributed by atoms with E-state index in [0.29, 0.717) is 38.1 Å². The standard InChI is InChI=1S/C29H39N5O4/c1-28(2,31)26(36)33-23(15-10-18-38-22-13-8-5-9-14-22)25(35)34-17-16-24(30)29(20-34,27(37)32-3)19-21-11-6-4-7-12-21/h4-9,11-14,23,30H,10,15-20,31H2,1-3H3,(H,32,37)(H,33,36)/t23-,29-/m1/s1. The molecule has 9 heteroatoms. The van der Waals surface area contributed by atoms with E-state index in [9.17, 15) is 14.4 Å². The van der Waals surface area contributed by atoms with Crippen LogP contribution < -0.4 is 21.1 Å². The van der Waals surface area contributed by atoms with Gasteiger partial charge in [-0.25, -0.2) is 0 Å². The number of benzene rings is 2. The largest absolute Gasteiger partial charge is 0.494 e. The summed E-state index contributed by atoms with van der Waals surface area (Å²) >= 11 is 0. The van der Waals surface area contributed by atoms with Gasteiger partial charge in [0.25, 0.3) is 0 Å². The predicted octanol–water partition coefficient (Wildman–Crippen LogP) is 2.29. The zero-order valence-corrected chi connectivity index (χ0v) is 22.5. The van der Waals surface area contributed by atoms with Gasteiger partial charge in [-0.05, 0) is 50.8 Å². The van der Waals surface area contributed by atoms with Crippen molar-refractivity contribution in [2.75, 3.05) is 26.7 Å². The number of carbonyl (C=O) groups is 3. The highest BCUT2D eigenvalue weighted by Gasteiger charge is 2.48. The average Bonchev–Trinajstić information content (AvgIpc) is 2.91. The SMILES string of the molecule is CNC(=O)[C@]1(Cc2ccccc2)CN(C(=O)[C@@H](CCCOc2ccccc2)NC(=O)C(C)(C)N)CCC1=N. The van der Waals surface area contributed by atoms with E-state index in [-0.39, 0.29) is 24.8 Å². The van der Waals surface area contributed by atoms with Crippen LogP contribution in [0.4, 0.5) is 0 Å². The number of hydrogen-bond acceptors (Lipinski definition) is 6. The molecule has 1 aliphatic heterocycles. The van der Waals surface area contributed by atoms with Gasteiger partial charge < -0.3 is 31.4 Å². The van der Waals surface area contributed by atoms with Crippen LogP contribution in [0.3, 0.4) is 0 Å². The number of nitrogens with one attached hydrogen (secondary N) is 3. The summed E-state index contributed by atoms with van der Waals surface area (Å²) in [6.45, 7) is 3.89. The molecule has 0 aliphatic carbocycles. The molecule has 1 aliphatic rings. The Hall–Kier alpha value is -3.72. The van der Waals surface area contributed by atoms with Crippen LogP contribution in [0.5, 0.6) is 5.75 Å². The van der Waals surface area contributed by atoms with Crippen LogP contribution in [-0.4, -0.2) is 66.7 Å². The molecule has 3 amide bonds. The van der Waals surface area contributed by atoms with Crippen molar-refractivity contribution in [2.24, 2.45) is 11.1 Å². The third-order valence-corrected chi connectivity index (χ3v) is 6.83. The number of hydrogen-bond donors (Lipinski definition) is 4. The number of piperidine rings is 1. The van der Waals surface area contributed by atoms with Gasteiger partial charge in [-0.3, -0.25) is 14.4 Å². The van der Waals surface area contributed by atoms with Gasteiger partial charge in [0.1, 0.15) is 17.2 Å².